The Kier molecular flexibility index (Phi) is 1.16. The lowest BCUT2D eigenvalue weighted by molar-refractivity contribution is 0.0450. The molecular formula is C3H8O3. The molecule has 3 nitrogen and oxygen atoms in total. The molecule has 0 aliphatic carbocycles. The quantitative estimate of drug-likeness (QED) is 0.361. The molecule has 6 heavy (non-hydrogen) atoms. The Morgan fingerprint density at radius 1 is 1.67 bits per heavy atom. The number of aliphatic hydroxyl groups is 3. The average Bonchev–Trinajstić information content (AvgIpc) is 1.62. The third kappa shape index (κ3) is 2.14. The first kappa shape index (κ1) is 2.26. The van der Waals surface area contributed by atoms with Crippen LogP contribution in [0.25, 0.3) is 0 Å². The lowest BCUT2D eigenvalue weighted by Gasteiger charge is -1.96. The van der Waals surface area contributed by atoms with Crippen LogP contribution in [0.15, 0.2) is 0 Å². The van der Waals surface area contributed by atoms with Gasteiger partial charge in [-0.25, -0.2) is 0 Å². The van der Waals surface area contributed by atoms with Gasteiger partial charge in [0.05, 0.1) is 17.3 Å². The molecule has 38 valence electrons. The summed E-state index contributed by atoms with van der Waals surface area (Å²) >= 11 is 0. The van der Waals surface area contributed by atoms with E-state index in [4.69, 9.17) is 19.4 Å². The van der Waals surface area contributed by atoms with Crippen LogP contribution in [0.4, 0.5) is 0 Å². The number of hydrogen-bond donors (Lipinski definition) is 3. The fraction of sp³-hybridized carbons (Fsp3) is 1.00. The minimum absolute atomic E-state index is 2.01. The van der Waals surface area contributed by atoms with E-state index < -0.39 is 19.2 Å². The fourth-order valence-corrected chi connectivity index (χ4v) is 0.0333. The summed E-state index contributed by atoms with van der Waals surface area (Å²) in [6.07, 6.45) is -2.07. The van der Waals surface area contributed by atoms with Crippen molar-refractivity contribution in [2.45, 2.75) is 6.10 Å². The van der Waals surface area contributed by atoms with Gasteiger partial charge in [0.25, 0.3) is 0 Å². The van der Waals surface area contributed by atoms with Gasteiger partial charge in [0, 0.05) is 0 Å². The number of aliphatic hydroxyl groups excluding tert-OH is 2. The number of rotatable bonds is 2. The van der Waals surface area contributed by atoms with Crippen molar-refractivity contribution >= 4 is 0 Å². The predicted octanol–water partition coefficient (Wildman–Crippen LogP) is -1.67. The topological polar surface area (TPSA) is 60.7 Å². The summed E-state index contributed by atoms with van der Waals surface area (Å²) in [5.41, 5.74) is 0. The Labute approximate surface area is 40.1 Å². The van der Waals surface area contributed by atoms with Gasteiger partial charge in [0.15, 0.2) is 0 Å². The van der Waals surface area contributed by atoms with E-state index in [-0.39, 0.29) is 0 Å². The molecule has 0 aliphatic rings. The Bertz CT molecular complexity index is 88.8. The van der Waals surface area contributed by atoms with Crippen molar-refractivity contribution in [1.82, 2.24) is 0 Å². The van der Waals surface area contributed by atoms with Crippen molar-refractivity contribution in [2.75, 3.05) is 13.1 Å². The van der Waals surface area contributed by atoms with Crippen molar-refractivity contribution in [1.29, 1.82) is 0 Å². The van der Waals surface area contributed by atoms with Crippen LogP contribution in [-0.4, -0.2) is 34.6 Å². The minimum Gasteiger partial charge on any atom is -0.394 e. The van der Waals surface area contributed by atoms with E-state index in [9.17, 15) is 0 Å². The molecule has 0 unspecified atom stereocenters. The highest BCUT2D eigenvalue weighted by Gasteiger charge is 1.93. The highest BCUT2D eigenvalue weighted by molar-refractivity contribution is 4.43. The Morgan fingerprint density at radius 3 is 2.17 bits per heavy atom. The monoisotopic (exact) mass is 97.1 g/mol. The van der Waals surface area contributed by atoms with Crippen molar-refractivity contribution in [3.05, 3.63) is 0 Å². The van der Waals surface area contributed by atoms with Crippen molar-refractivity contribution in [2.24, 2.45) is 0 Å². The first-order chi connectivity index (χ1) is 3.85. The summed E-state index contributed by atoms with van der Waals surface area (Å²) in [6, 6.07) is 0. The van der Waals surface area contributed by atoms with Gasteiger partial charge in [0.1, 0.15) is 6.10 Å². The third-order valence-corrected chi connectivity index (χ3v) is 0.273. The van der Waals surface area contributed by atoms with E-state index in [0.29, 0.717) is 0 Å². The van der Waals surface area contributed by atoms with E-state index in [1.807, 2.05) is 0 Å². The zero-order valence-electron chi connectivity index (χ0n) is 6.00. The Balaban J connectivity index is 3.88. The second-order valence-corrected chi connectivity index (χ2v) is 0.723. The SMILES string of the molecule is [2H][13C@@H](O)[13C@@H](O)C([2H])([2H])O. The first-order valence-electron chi connectivity index (χ1n) is 2.94. The summed E-state index contributed by atoms with van der Waals surface area (Å²) in [6.45, 7) is -4.91. The smallest absolute Gasteiger partial charge is 0.100 e. The standard InChI is InChI=1S/C3H8O3/c4-1-3(6)2-5/h3-6H,1-2H2/i1D2,2+1D,3+1/t2-,3+/m1/s1. The molecular weight excluding hydrogens is 86.0 g/mol. The molecule has 0 saturated heterocycles. The van der Waals surface area contributed by atoms with Crippen LogP contribution in [0.5, 0.6) is 0 Å². The molecule has 0 aromatic heterocycles. The van der Waals surface area contributed by atoms with Crippen LogP contribution in [0.3, 0.4) is 0 Å². The predicted molar refractivity (Wildman–Crippen MR) is 20.2 cm³/mol. The second kappa shape index (κ2) is 3.08. The second-order valence-electron chi connectivity index (χ2n) is 0.723. The molecule has 0 heterocycles. The summed E-state index contributed by atoms with van der Waals surface area (Å²) in [4.78, 5) is 0. The summed E-state index contributed by atoms with van der Waals surface area (Å²) in [5, 5.41) is 24.8. The molecule has 3 heteroatoms. The zero-order valence-corrected chi connectivity index (χ0v) is 3.00. The molecule has 0 saturated carbocycles. The van der Waals surface area contributed by atoms with Crippen molar-refractivity contribution in [3.8, 4) is 0 Å². The molecule has 0 spiro atoms. The highest BCUT2D eigenvalue weighted by Crippen LogP contribution is 1.71. The van der Waals surface area contributed by atoms with Crippen LogP contribution in [0.1, 0.15) is 4.11 Å². The molecule has 0 aromatic rings. The Hall–Kier alpha value is -0.120. The average molecular weight is 97.1 g/mol. The van der Waals surface area contributed by atoms with Gasteiger partial charge in [-0.1, -0.05) is 0 Å². The van der Waals surface area contributed by atoms with Gasteiger partial charge < -0.3 is 15.3 Å². The van der Waals surface area contributed by atoms with Gasteiger partial charge in [-0.15, -0.1) is 0 Å². The van der Waals surface area contributed by atoms with Gasteiger partial charge >= 0.3 is 0 Å². The molecule has 0 aromatic carbocycles. The number of hydrogen-bond acceptors (Lipinski definition) is 3. The molecule has 2 atom stereocenters. The van der Waals surface area contributed by atoms with Crippen LogP contribution < -0.4 is 0 Å². The van der Waals surface area contributed by atoms with E-state index in [2.05, 4.69) is 0 Å². The van der Waals surface area contributed by atoms with Crippen LogP contribution >= 0.6 is 0 Å². The fourth-order valence-electron chi connectivity index (χ4n) is 0.0333. The lowest BCUT2D eigenvalue weighted by Crippen LogP contribution is -2.15. The Morgan fingerprint density at radius 2 is 2.17 bits per heavy atom. The van der Waals surface area contributed by atoms with Crippen molar-refractivity contribution in [3.63, 3.8) is 0 Å². The van der Waals surface area contributed by atoms with Crippen LogP contribution in [-0.2, 0) is 0 Å². The maximum Gasteiger partial charge on any atom is 0.100 e. The summed E-state index contributed by atoms with van der Waals surface area (Å²) < 4.78 is 19.1. The molecule has 0 rings (SSSR count). The highest BCUT2D eigenvalue weighted by atomic mass is 16.5. The maximum atomic E-state index is 8.40. The van der Waals surface area contributed by atoms with Gasteiger partial charge in [-0.2, -0.15) is 0 Å². The lowest BCUT2D eigenvalue weighted by atomic mass is 11.0. The van der Waals surface area contributed by atoms with Crippen molar-refractivity contribution < 1.29 is 19.4 Å². The largest absolute Gasteiger partial charge is 0.394 e. The van der Waals surface area contributed by atoms with E-state index in [1.54, 1.807) is 0 Å². The summed E-state index contributed by atoms with van der Waals surface area (Å²) in [5.74, 6) is 0. The van der Waals surface area contributed by atoms with E-state index in [1.165, 1.54) is 0 Å². The molecule has 0 radical (unpaired) electrons. The van der Waals surface area contributed by atoms with E-state index in [0.717, 1.165) is 0 Å². The minimum atomic E-state index is -2.90. The molecule has 3 N–H and O–H groups in total. The van der Waals surface area contributed by atoms with E-state index >= 15 is 0 Å². The zero-order chi connectivity index (χ0) is 7.65. The molecule has 0 fully saturated rings. The van der Waals surface area contributed by atoms with Crippen LogP contribution in [0.2, 0.25) is 0 Å². The van der Waals surface area contributed by atoms with Gasteiger partial charge in [-0.05, 0) is 0 Å². The van der Waals surface area contributed by atoms with Gasteiger partial charge in [-0.3, -0.25) is 0 Å². The third-order valence-electron chi connectivity index (χ3n) is 0.273. The maximum absolute atomic E-state index is 8.40. The first-order valence-corrected chi connectivity index (χ1v) is 1.36. The van der Waals surface area contributed by atoms with Crippen LogP contribution in [0, 0.1) is 0 Å². The normalized spacial score (nSPS) is 29.5. The van der Waals surface area contributed by atoms with Gasteiger partial charge in [0.2, 0.25) is 0 Å². The molecule has 0 aliphatic heterocycles. The molecule has 0 amide bonds. The molecule has 0 bridgehead atoms. The summed E-state index contributed by atoms with van der Waals surface area (Å²) in [7, 11) is 0.